The van der Waals surface area contributed by atoms with E-state index in [2.05, 4.69) is 9.88 Å². The molecule has 4 nitrogen and oxygen atoms in total. The molecule has 3 rings (SSSR count). The maximum Gasteiger partial charge on any atom is 0.227 e. The molecule has 0 radical (unpaired) electrons. The Morgan fingerprint density at radius 3 is 2.48 bits per heavy atom. The van der Waals surface area contributed by atoms with Crippen molar-refractivity contribution in [2.24, 2.45) is 0 Å². The molecule has 0 bridgehead atoms. The van der Waals surface area contributed by atoms with E-state index in [-0.39, 0.29) is 17.9 Å². The zero-order valence-corrected chi connectivity index (χ0v) is 13.4. The van der Waals surface area contributed by atoms with E-state index in [9.17, 15) is 9.18 Å². The first kappa shape index (κ1) is 15.7. The lowest BCUT2D eigenvalue weighted by Crippen LogP contribution is -2.49. The Hall–Kier alpha value is -2.14. The zero-order valence-electron chi connectivity index (χ0n) is 12.6. The third kappa shape index (κ3) is 3.62. The maximum absolute atomic E-state index is 13.8. The Kier molecular flexibility index (Phi) is 4.76. The fraction of sp³-hybridized carbons (Fsp3) is 0.294. The van der Waals surface area contributed by atoms with Crippen molar-refractivity contribution in [3.8, 4) is 0 Å². The first-order chi connectivity index (χ1) is 11.1. The van der Waals surface area contributed by atoms with Gasteiger partial charge >= 0.3 is 0 Å². The second-order valence-corrected chi connectivity index (χ2v) is 5.91. The smallest absolute Gasteiger partial charge is 0.227 e. The van der Waals surface area contributed by atoms with Crippen molar-refractivity contribution >= 4 is 23.2 Å². The number of halogens is 2. The highest BCUT2D eigenvalue weighted by Crippen LogP contribution is 2.21. The van der Waals surface area contributed by atoms with Crippen molar-refractivity contribution in [1.29, 1.82) is 0 Å². The molecule has 0 spiro atoms. The minimum absolute atomic E-state index is 0.00576. The Morgan fingerprint density at radius 2 is 1.83 bits per heavy atom. The number of hydrogen-bond acceptors (Lipinski definition) is 2. The van der Waals surface area contributed by atoms with Gasteiger partial charge in [0, 0.05) is 54.6 Å². The molecule has 2 aromatic rings. The highest BCUT2D eigenvalue weighted by Gasteiger charge is 2.23. The fourth-order valence-electron chi connectivity index (χ4n) is 2.77. The van der Waals surface area contributed by atoms with Crippen molar-refractivity contribution in [1.82, 2.24) is 4.90 Å². The van der Waals surface area contributed by atoms with Gasteiger partial charge < -0.3 is 9.80 Å². The summed E-state index contributed by atoms with van der Waals surface area (Å²) >= 11 is 5.99. The summed E-state index contributed by atoms with van der Waals surface area (Å²) < 4.78 is 13.8. The summed E-state index contributed by atoms with van der Waals surface area (Å²) in [5, 5.41) is 0.303. The zero-order chi connectivity index (χ0) is 16.2. The third-order valence-corrected chi connectivity index (χ3v) is 4.44. The summed E-state index contributed by atoms with van der Waals surface area (Å²) in [6.45, 7) is 2.79. The van der Waals surface area contributed by atoms with Crippen LogP contribution in [0.25, 0.3) is 0 Å². The fourth-order valence-corrected chi connectivity index (χ4v) is 3.00. The highest BCUT2D eigenvalue weighted by atomic mass is 35.5. The van der Waals surface area contributed by atoms with Crippen LogP contribution in [0.5, 0.6) is 0 Å². The van der Waals surface area contributed by atoms with E-state index in [0.29, 0.717) is 18.1 Å². The monoisotopic (exact) mass is 334 g/mol. The molecule has 0 atom stereocenters. The molecule has 1 amide bonds. The predicted molar refractivity (Wildman–Crippen MR) is 86.9 cm³/mol. The molecule has 1 fully saturated rings. The van der Waals surface area contributed by atoms with Gasteiger partial charge in [-0.3, -0.25) is 4.79 Å². The molecule has 1 saturated heterocycles. The molecule has 0 aliphatic carbocycles. The minimum atomic E-state index is -0.426. The summed E-state index contributed by atoms with van der Waals surface area (Å²) in [5.74, 6) is -0.511. The van der Waals surface area contributed by atoms with Gasteiger partial charge in [-0.1, -0.05) is 17.7 Å². The van der Waals surface area contributed by atoms with Crippen LogP contribution in [0.15, 0.2) is 42.7 Å². The van der Waals surface area contributed by atoms with Crippen LogP contribution in [0, 0.1) is 5.82 Å². The van der Waals surface area contributed by atoms with Crippen molar-refractivity contribution in [2.75, 3.05) is 31.1 Å². The highest BCUT2D eigenvalue weighted by molar-refractivity contribution is 6.31. The summed E-state index contributed by atoms with van der Waals surface area (Å²) in [4.78, 5) is 19.4. The van der Waals surface area contributed by atoms with Gasteiger partial charge in [0.2, 0.25) is 5.91 Å². The molecule has 120 valence electrons. The molecular weight excluding hydrogens is 317 g/mol. The van der Waals surface area contributed by atoms with Gasteiger partial charge in [-0.15, -0.1) is 0 Å². The maximum atomic E-state index is 13.8. The number of piperazine rings is 1. The number of hydrogen-bond donors (Lipinski definition) is 0. The van der Waals surface area contributed by atoms with Crippen LogP contribution in [0.4, 0.5) is 10.1 Å². The number of carbonyl (C=O) groups is 1. The summed E-state index contributed by atoms with van der Waals surface area (Å²) in [7, 11) is 0. The number of benzene rings is 1. The van der Waals surface area contributed by atoms with E-state index < -0.39 is 5.82 Å². The van der Waals surface area contributed by atoms with Crippen molar-refractivity contribution in [3.63, 3.8) is 0 Å². The summed E-state index contributed by atoms with van der Waals surface area (Å²) in [6, 6.07) is 8.51. The number of amides is 1. The number of H-pyrrole nitrogens is 1. The lowest BCUT2D eigenvalue weighted by Gasteiger charge is -2.36. The van der Waals surface area contributed by atoms with Crippen LogP contribution in [-0.2, 0) is 11.2 Å². The molecule has 1 aliphatic heterocycles. The van der Waals surface area contributed by atoms with Crippen LogP contribution in [0.1, 0.15) is 5.56 Å². The van der Waals surface area contributed by atoms with E-state index in [1.807, 2.05) is 24.5 Å². The van der Waals surface area contributed by atoms with Crippen LogP contribution in [-0.4, -0.2) is 37.0 Å². The molecule has 0 saturated carbocycles. The topological polar surface area (TPSA) is 37.7 Å². The number of nitrogens with one attached hydrogen (secondary N) is 1. The number of carbonyl (C=O) groups excluding carboxylic acids is 1. The Morgan fingerprint density at radius 1 is 1.13 bits per heavy atom. The lowest BCUT2D eigenvalue weighted by molar-refractivity contribution is -0.377. The molecule has 1 N–H and O–H groups in total. The predicted octanol–water partition coefficient (Wildman–Crippen LogP) is 2.18. The Bertz CT molecular complexity index is 667. The van der Waals surface area contributed by atoms with Gasteiger partial charge in [0.1, 0.15) is 5.82 Å². The van der Waals surface area contributed by atoms with Crippen LogP contribution in [0.2, 0.25) is 5.02 Å². The SMILES string of the molecule is O=C(Cc1c(F)cccc1Cl)N1CCN(c2cc[nH+]cc2)CC1. The number of anilines is 1. The molecule has 1 aromatic heterocycles. The van der Waals surface area contributed by atoms with Gasteiger partial charge in [0.15, 0.2) is 12.4 Å². The second-order valence-electron chi connectivity index (χ2n) is 5.50. The van der Waals surface area contributed by atoms with Crippen LogP contribution in [0.3, 0.4) is 0 Å². The standard InChI is InChI=1S/C17H17ClFN3O/c18-15-2-1-3-16(19)14(15)12-17(23)22-10-8-21(9-11-22)13-4-6-20-7-5-13/h1-7H,8-12H2/p+1. The van der Waals surface area contributed by atoms with Gasteiger partial charge in [-0.25, -0.2) is 9.37 Å². The lowest BCUT2D eigenvalue weighted by atomic mass is 10.1. The van der Waals surface area contributed by atoms with Crippen molar-refractivity contribution < 1.29 is 14.2 Å². The average molecular weight is 335 g/mol. The van der Waals surface area contributed by atoms with E-state index >= 15 is 0 Å². The molecule has 23 heavy (non-hydrogen) atoms. The quantitative estimate of drug-likeness (QED) is 0.863. The molecule has 2 heterocycles. The molecule has 6 heteroatoms. The van der Waals surface area contributed by atoms with Gasteiger partial charge in [-0.2, -0.15) is 0 Å². The molecule has 1 aromatic carbocycles. The van der Waals surface area contributed by atoms with Crippen molar-refractivity contribution in [2.45, 2.75) is 6.42 Å². The van der Waals surface area contributed by atoms with Gasteiger partial charge in [-0.05, 0) is 12.1 Å². The van der Waals surface area contributed by atoms with Gasteiger partial charge in [0.25, 0.3) is 0 Å². The number of rotatable bonds is 3. The molecular formula is C17H18ClFN3O+. The second kappa shape index (κ2) is 6.96. The van der Waals surface area contributed by atoms with E-state index in [4.69, 9.17) is 11.6 Å². The number of aromatic nitrogens is 1. The molecule has 0 unspecified atom stereocenters. The van der Waals surface area contributed by atoms with Crippen molar-refractivity contribution in [3.05, 3.63) is 59.1 Å². The first-order valence-corrected chi connectivity index (χ1v) is 7.94. The molecule has 1 aliphatic rings. The largest absolute Gasteiger partial charge is 0.368 e. The Labute approximate surface area is 139 Å². The van der Waals surface area contributed by atoms with E-state index in [1.165, 1.54) is 6.07 Å². The third-order valence-electron chi connectivity index (χ3n) is 4.09. The average Bonchev–Trinajstić information content (AvgIpc) is 2.59. The number of nitrogens with zero attached hydrogens (tertiary/aromatic N) is 2. The van der Waals surface area contributed by atoms with E-state index in [1.54, 1.807) is 17.0 Å². The van der Waals surface area contributed by atoms with Gasteiger partial charge in [0.05, 0.1) is 6.42 Å². The number of pyridine rings is 1. The normalized spacial score (nSPS) is 14.9. The Balaban J connectivity index is 1.60. The van der Waals surface area contributed by atoms with Crippen LogP contribution >= 0.6 is 11.6 Å². The first-order valence-electron chi connectivity index (χ1n) is 7.57. The number of aromatic amines is 1. The van der Waals surface area contributed by atoms with E-state index in [0.717, 1.165) is 18.8 Å². The summed E-state index contributed by atoms with van der Waals surface area (Å²) in [5.41, 5.74) is 1.41. The minimum Gasteiger partial charge on any atom is -0.368 e. The summed E-state index contributed by atoms with van der Waals surface area (Å²) in [6.07, 6.45) is 3.77. The van der Waals surface area contributed by atoms with Crippen LogP contribution < -0.4 is 9.88 Å².